The second-order valence-electron chi connectivity index (χ2n) is 7.69. The van der Waals surface area contributed by atoms with Gasteiger partial charge in [0.1, 0.15) is 0 Å². The Labute approximate surface area is 199 Å². The Morgan fingerprint density at radius 3 is 2.55 bits per heavy atom. The summed E-state index contributed by atoms with van der Waals surface area (Å²) in [6.45, 7) is 9.67. The van der Waals surface area contributed by atoms with Crippen molar-refractivity contribution in [2.45, 2.75) is 33.2 Å². The number of Topliss-reactive ketones (excluding diaryl/α,β-unsaturated/α-hetero) is 1. The van der Waals surface area contributed by atoms with Gasteiger partial charge in [-0.05, 0) is 62.1 Å². The lowest BCUT2D eigenvalue weighted by Gasteiger charge is -2.28. The number of hydrogen-bond donors (Lipinski definition) is 1. The summed E-state index contributed by atoms with van der Waals surface area (Å²) in [6, 6.07) is 8.16. The molecule has 33 heavy (non-hydrogen) atoms. The van der Waals surface area contributed by atoms with Gasteiger partial charge >= 0.3 is 0 Å². The lowest BCUT2D eigenvalue weighted by molar-refractivity contribution is -0.129. The van der Waals surface area contributed by atoms with Gasteiger partial charge < -0.3 is 24.4 Å². The number of thiophene rings is 1. The number of benzene rings is 1. The van der Waals surface area contributed by atoms with E-state index in [1.54, 1.807) is 41.7 Å². The first kappa shape index (κ1) is 24.8. The summed E-state index contributed by atoms with van der Waals surface area (Å²) in [5.41, 5.74) is 0.798. The highest BCUT2D eigenvalue weighted by Crippen LogP contribution is 2.42. The van der Waals surface area contributed by atoms with Crippen LogP contribution in [0.2, 0.25) is 0 Å². The summed E-state index contributed by atoms with van der Waals surface area (Å²) in [6.07, 6.45) is 0.728. The topological polar surface area (TPSA) is 79.3 Å². The minimum atomic E-state index is -0.701. The fourth-order valence-electron chi connectivity index (χ4n) is 4.14. The quantitative estimate of drug-likeness (QED) is 0.459. The highest BCUT2D eigenvalue weighted by molar-refractivity contribution is 7.12. The average molecular weight is 473 g/mol. The number of ketones is 1. The van der Waals surface area contributed by atoms with E-state index in [2.05, 4.69) is 18.7 Å². The van der Waals surface area contributed by atoms with E-state index < -0.39 is 17.7 Å². The number of carbonyl (C=O) groups excluding carboxylic acids is 2. The SMILES string of the molecule is CCOc1ccc([C@@H]2C(C(=O)c3cccs3)=C(O)C(=O)N2CCCN(CC)CC)cc1OC. The van der Waals surface area contributed by atoms with Crippen molar-refractivity contribution in [2.75, 3.05) is 39.9 Å². The van der Waals surface area contributed by atoms with Crippen LogP contribution in [0.25, 0.3) is 0 Å². The second kappa shape index (κ2) is 11.3. The first-order valence-electron chi connectivity index (χ1n) is 11.3. The minimum Gasteiger partial charge on any atom is -0.503 e. The Kier molecular flexibility index (Phi) is 8.52. The van der Waals surface area contributed by atoms with Gasteiger partial charge in [0.05, 0.1) is 30.2 Å². The molecule has 0 fully saturated rings. The molecular weight excluding hydrogens is 440 g/mol. The molecular formula is C25H32N2O5S. The molecule has 178 valence electrons. The summed E-state index contributed by atoms with van der Waals surface area (Å²) in [5.74, 6) is -0.235. The molecule has 2 aromatic rings. The molecule has 0 spiro atoms. The number of aliphatic hydroxyl groups is 1. The van der Waals surface area contributed by atoms with Crippen LogP contribution >= 0.6 is 11.3 Å². The number of amides is 1. The van der Waals surface area contributed by atoms with Crippen molar-refractivity contribution < 1.29 is 24.2 Å². The van der Waals surface area contributed by atoms with Crippen molar-refractivity contribution in [1.29, 1.82) is 0 Å². The van der Waals surface area contributed by atoms with Gasteiger partial charge in [0, 0.05) is 6.54 Å². The molecule has 1 aliphatic heterocycles. The third-order valence-corrected chi connectivity index (χ3v) is 6.73. The van der Waals surface area contributed by atoms with Gasteiger partial charge in [-0.2, -0.15) is 0 Å². The zero-order valence-electron chi connectivity index (χ0n) is 19.7. The maximum atomic E-state index is 13.3. The molecule has 1 atom stereocenters. The maximum absolute atomic E-state index is 13.3. The van der Waals surface area contributed by atoms with Gasteiger partial charge in [0.2, 0.25) is 5.78 Å². The Hall–Kier alpha value is -2.84. The molecule has 0 bridgehead atoms. The second-order valence-corrected chi connectivity index (χ2v) is 8.64. The van der Waals surface area contributed by atoms with Crippen LogP contribution in [-0.2, 0) is 4.79 Å². The molecule has 2 heterocycles. The van der Waals surface area contributed by atoms with Crippen LogP contribution in [0.15, 0.2) is 47.0 Å². The predicted octanol–water partition coefficient (Wildman–Crippen LogP) is 4.47. The summed E-state index contributed by atoms with van der Waals surface area (Å²) >= 11 is 1.29. The van der Waals surface area contributed by atoms with Crippen molar-refractivity contribution in [3.8, 4) is 11.5 Å². The number of hydrogen-bond acceptors (Lipinski definition) is 7. The lowest BCUT2D eigenvalue weighted by Crippen LogP contribution is -2.34. The molecule has 0 aliphatic carbocycles. The van der Waals surface area contributed by atoms with Gasteiger partial charge in [-0.1, -0.05) is 26.0 Å². The largest absolute Gasteiger partial charge is 0.503 e. The molecule has 0 unspecified atom stereocenters. The van der Waals surface area contributed by atoms with E-state index in [1.807, 2.05) is 13.0 Å². The van der Waals surface area contributed by atoms with Gasteiger partial charge in [0.15, 0.2) is 17.3 Å². The highest BCUT2D eigenvalue weighted by Gasteiger charge is 2.44. The van der Waals surface area contributed by atoms with Crippen LogP contribution in [0, 0.1) is 0 Å². The lowest BCUT2D eigenvalue weighted by atomic mass is 9.95. The van der Waals surface area contributed by atoms with Crippen LogP contribution in [0.4, 0.5) is 0 Å². The van der Waals surface area contributed by atoms with Gasteiger partial charge in [0.25, 0.3) is 5.91 Å². The molecule has 1 aromatic carbocycles. The highest BCUT2D eigenvalue weighted by atomic mass is 32.1. The number of methoxy groups -OCH3 is 1. The number of ether oxygens (including phenoxy) is 2. The Morgan fingerprint density at radius 1 is 1.18 bits per heavy atom. The van der Waals surface area contributed by atoms with Crippen LogP contribution in [0.5, 0.6) is 11.5 Å². The van der Waals surface area contributed by atoms with Crippen molar-refractivity contribution in [3.63, 3.8) is 0 Å². The molecule has 0 saturated carbocycles. The molecule has 1 aromatic heterocycles. The van der Waals surface area contributed by atoms with E-state index in [4.69, 9.17) is 9.47 Å². The first-order valence-corrected chi connectivity index (χ1v) is 12.2. The van der Waals surface area contributed by atoms with E-state index in [9.17, 15) is 14.7 Å². The minimum absolute atomic E-state index is 0.108. The fourth-order valence-corrected chi connectivity index (χ4v) is 4.81. The van der Waals surface area contributed by atoms with Crippen molar-refractivity contribution in [3.05, 3.63) is 57.5 Å². The molecule has 1 aliphatic rings. The van der Waals surface area contributed by atoms with E-state index in [0.717, 1.165) is 26.1 Å². The van der Waals surface area contributed by atoms with Crippen molar-refractivity contribution >= 4 is 23.0 Å². The van der Waals surface area contributed by atoms with Crippen molar-refractivity contribution in [2.24, 2.45) is 0 Å². The Morgan fingerprint density at radius 2 is 1.94 bits per heavy atom. The Bertz CT molecular complexity index is 998. The molecule has 8 heteroatoms. The Balaban J connectivity index is 2.00. The maximum Gasteiger partial charge on any atom is 0.290 e. The molecule has 1 N–H and O–H groups in total. The van der Waals surface area contributed by atoms with E-state index in [1.165, 1.54) is 11.3 Å². The van der Waals surface area contributed by atoms with Gasteiger partial charge in [-0.25, -0.2) is 0 Å². The van der Waals surface area contributed by atoms with E-state index in [-0.39, 0.29) is 11.4 Å². The molecule has 3 rings (SSSR count). The third-order valence-electron chi connectivity index (χ3n) is 5.86. The summed E-state index contributed by atoms with van der Waals surface area (Å²) in [5, 5.41) is 12.6. The monoisotopic (exact) mass is 472 g/mol. The molecule has 0 radical (unpaired) electrons. The molecule has 7 nitrogen and oxygen atoms in total. The number of rotatable bonds is 12. The first-order chi connectivity index (χ1) is 16.0. The fraction of sp³-hybridized carbons (Fsp3) is 0.440. The standard InChI is InChI=1S/C25H32N2O5S/c1-5-26(6-2)13-9-14-27-22(17-11-12-18(32-7-3)19(16-17)31-4)21(24(29)25(27)30)23(28)20-10-8-15-33-20/h8,10-12,15-16,22,29H,5-7,9,13-14H2,1-4H3/t22-/m1/s1. The van der Waals surface area contributed by atoms with Gasteiger partial charge in [-0.15, -0.1) is 11.3 Å². The number of carbonyl (C=O) groups is 2. The zero-order chi connectivity index (χ0) is 24.0. The summed E-state index contributed by atoms with van der Waals surface area (Å²) in [7, 11) is 1.55. The predicted molar refractivity (Wildman–Crippen MR) is 129 cm³/mol. The van der Waals surface area contributed by atoms with Gasteiger partial charge in [-0.3, -0.25) is 9.59 Å². The van der Waals surface area contributed by atoms with Crippen LogP contribution in [0.3, 0.4) is 0 Å². The smallest absolute Gasteiger partial charge is 0.290 e. The van der Waals surface area contributed by atoms with Crippen molar-refractivity contribution in [1.82, 2.24) is 9.80 Å². The number of nitrogens with zero attached hydrogens (tertiary/aromatic N) is 2. The summed E-state index contributed by atoms with van der Waals surface area (Å²) < 4.78 is 11.1. The average Bonchev–Trinajstić information content (AvgIpc) is 3.45. The number of aliphatic hydroxyl groups excluding tert-OH is 1. The third kappa shape index (κ3) is 5.23. The van der Waals surface area contributed by atoms with E-state index >= 15 is 0 Å². The van der Waals surface area contributed by atoms with Crippen LogP contribution in [0.1, 0.15) is 48.5 Å². The van der Waals surface area contributed by atoms with Crippen LogP contribution in [-0.4, -0.2) is 66.5 Å². The van der Waals surface area contributed by atoms with Crippen LogP contribution < -0.4 is 9.47 Å². The molecule has 0 saturated heterocycles. The van der Waals surface area contributed by atoms with E-state index in [0.29, 0.717) is 35.1 Å². The zero-order valence-corrected chi connectivity index (χ0v) is 20.5. The summed E-state index contributed by atoms with van der Waals surface area (Å²) in [4.78, 5) is 30.8. The normalized spacial score (nSPS) is 16.1. The molecule has 1 amide bonds.